The van der Waals surface area contributed by atoms with Crippen molar-refractivity contribution < 1.29 is 19.1 Å². The fraction of sp³-hybridized carbons (Fsp3) is 0.217. The lowest BCUT2D eigenvalue weighted by atomic mass is 9.94. The Morgan fingerprint density at radius 3 is 2.70 bits per heavy atom. The Bertz CT molecular complexity index is 1250. The Balaban J connectivity index is 1.75. The van der Waals surface area contributed by atoms with Gasteiger partial charge in [0, 0.05) is 11.4 Å². The number of rotatable bonds is 7. The molecule has 1 aliphatic rings. The molecule has 170 valence electrons. The van der Waals surface area contributed by atoms with Crippen molar-refractivity contribution in [1.29, 1.82) is 0 Å². The summed E-state index contributed by atoms with van der Waals surface area (Å²) in [4.78, 5) is 28.8. The molecule has 33 heavy (non-hydrogen) atoms. The molecule has 2 amide bonds. The number of para-hydroxylation sites is 1. The highest BCUT2D eigenvalue weighted by Crippen LogP contribution is 2.39. The Kier molecular flexibility index (Phi) is 5.99. The molecule has 1 aromatic heterocycles. The zero-order valence-electron chi connectivity index (χ0n) is 18.5. The smallest absolute Gasteiger partial charge is 0.255 e. The number of nitrogens with two attached hydrogens (primary N) is 1. The third kappa shape index (κ3) is 4.36. The summed E-state index contributed by atoms with van der Waals surface area (Å²) in [6.07, 6.45) is 1.42. The summed E-state index contributed by atoms with van der Waals surface area (Å²) in [5.41, 5.74) is 8.70. The number of allylic oxidation sites excluding steroid dienone is 1. The van der Waals surface area contributed by atoms with E-state index in [9.17, 15) is 9.59 Å². The van der Waals surface area contributed by atoms with Crippen LogP contribution in [-0.4, -0.2) is 40.3 Å². The maximum atomic E-state index is 13.5. The second-order valence-electron chi connectivity index (χ2n) is 7.53. The van der Waals surface area contributed by atoms with Gasteiger partial charge in [-0.3, -0.25) is 9.59 Å². The summed E-state index contributed by atoms with van der Waals surface area (Å²) < 4.78 is 12.5. The van der Waals surface area contributed by atoms with Gasteiger partial charge in [0.2, 0.25) is 5.95 Å². The quantitative estimate of drug-likeness (QED) is 0.505. The molecule has 0 saturated heterocycles. The zero-order chi connectivity index (χ0) is 23.5. The first-order valence-electron chi connectivity index (χ1n) is 10.2. The number of amides is 2. The molecule has 0 spiro atoms. The Morgan fingerprint density at radius 1 is 1.18 bits per heavy atom. The first-order chi connectivity index (χ1) is 15.9. The first-order valence-corrected chi connectivity index (χ1v) is 10.2. The topological polar surface area (TPSA) is 133 Å². The van der Waals surface area contributed by atoms with Gasteiger partial charge < -0.3 is 25.8 Å². The zero-order valence-corrected chi connectivity index (χ0v) is 18.5. The predicted molar refractivity (Wildman–Crippen MR) is 122 cm³/mol. The third-order valence-corrected chi connectivity index (χ3v) is 5.31. The average Bonchev–Trinajstić information content (AvgIpc) is 3.26. The van der Waals surface area contributed by atoms with Crippen molar-refractivity contribution in [3.63, 3.8) is 0 Å². The molecule has 1 atom stereocenters. The van der Waals surface area contributed by atoms with Gasteiger partial charge in [-0.25, -0.2) is 4.68 Å². The van der Waals surface area contributed by atoms with Crippen LogP contribution in [0.15, 0.2) is 60.1 Å². The molecule has 1 aliphatic heterocycles. The summed E-state index contributed by atoms with van der Waals surface area (Å²) in [6, 6.07) is 12.2. The fourth-order valence-electron chi connectivity index (χ4n) is 3.72. The SMILES string of the molecule is COc1cc([C@H]2C(C(=O)Nc3ccccc3C)=C(C)Nc3ncnn32)ccc1OCC(N)=O. The minimum Gasteiger partial charge on any atom is -0.493 e. The highest BCUT2D eigenvalue weighted by Gasteiger charge is 2.34. The normalized spacial score (nSPS) is 14.8. The van der Waals surface area contributed by atoms with E-state index < -0.39 is 11.9 Å². The van der Waals surface area contributed by atoms with Crippen LogP contribution in [-0.2, 0) is 9.59 Å². The molecule has 4 rings (SSSR count). The number of primary amides is 1. The van der Waals surface area contributed by atoms with Gasteiger partial charge in [-0.05, 0) is 43.2 Å². The van der Waals surface area contributed by atoms with Crippen LogP contribution in [0, 0.1) is 6.92 Å². The summed E-state index contributed by atoms with van der Waals surface area (Å²) >= 11 is 0. The number of ether oxygens (including phenoxy) is 2. The molecule has 4 N–H and O–H groups in total. The number of nitrogens with one attached hydrogen (secondary N) is 2. The Labute approximate surface area is 190 Å². The van der Waals surface area contributed by atoms with E-state index in [1.165, 1.54) is 13.4 Å². The van der Waals surface area contributed by atoms with Crippen LogP contribution in [0.25, 0.3) is 0 Å². The van der Waals surface area contributed by atoms with Crippen molar-refractivity contribution in [1.82, 2.24) is 14.8 Å². The van der Waals surface area contributed by atoms with Crippen LogP contribution in [0.2, 0.25) is 0 Å². The Morgan fingerprint density at radius 2 is 1.97 bits per heavy atom. The summed E-state index contributed by atoms with van der Waals surface area (Å²) in [6.45, 7) is 3.47. The van der Waals surface area contributed by atoms with Crippen molar-refractivity contribution in [2.75, 3.05) is 24.4 Å². The fourth-order valence-corrected chi connectivity index (χ4v) is 3.72. The monoisotopic (exact) mass is 448 g/mol. The molecule has 0 unspecified atom stereocenters. The molecule has 0 aliphatic carbocycles. The van der Waals surface area contributed by atoms with Crippen LogP contribution >= 0.6 is 0 Å². The van der Waals surface area contributed by atoms with Crippen molar-refractivity contribution in [2.24, 2.45) is 5.73 Å². The van der Waals surface area contributed by atoms with Gasteiger partial charge in [0.05, 0.1) is 12.7 Å². The lowest BCUT2D eigenvalue weighted by molar-refractivity contribution is -0.120. The second-order valence-corrected chi connectivity index (χ2v) is 7.53. The molecule has 0 bridgehead atoms. The number of nitrogens with zero attached hydrogens (tertiary/aromatic N) is 3. The van der Waals surface area contributed by atoms with E-state index >= 15 is 0 Å². The third-order valence-electron chi connectivity index (χ3n) is 5.31. The van der Waals surface area contributed by atoms with Gasteiger partial charge in [-0.2, -0.15) is 10.1 Å². The lowest BCUT2D eigenvalue weighted by Crippen LogP contribution is -2.31. The van der Waals surface area contributed by atoms with Crippen molar-refractivity contribution >= 4 is 23.5 Å². The number of benzene rings is 2. The average molecular weight is 448 g/mol. The van der Waals surface area contributed by atoms with Gasteiger partial charge in [0.25, 0.3) is 11.8 Å². The van der Waals surface area contributed by atoms with Crippen molar-refractivity contribution in [3.8, 4) is 11.5 Å². The molecular formula is C23H24N6O4. The number of hydrogen-bond acceptors (Lipinski definition) is 7. The maximum absolute atomic E-state index is 13.5. The lowest BCUT2D eigenvalue weighted by Gasteiger charge is -2.29. The summed E-state index contributed by atoms with van der Waals surface area (Å²) in [7, 11) is 1.49. The molecule has 0 fully saturated rings. The molecule has 10 heteroatoms. The molecule has 0 saturated carbocycles. The summed E-state index contributed by atoms with van der Waals surface area (Å²) in [5.74, 6) is 0.400. The standard InChI is InChI=1S/C23H24N6O4/c1-13-6-4-5-7-16(13)28-22(31)20-14(2)27-23-25-12-26-29(23)21(20)15-8-9-17(18(10-15)32-3)33-11-19(24)30/h4-10,12,21H,11H2,1-3H3,(H2,24,30)(H,28,31)(H,25,26,27)/t21-/m0/s1. The number of methoxy groups -OCH3 is 1. The van der Waals surface area contributed by atoms with Crippen molar-refractivity contribution in [2.45, 2.75) is 19.9 Å². The van der Waals surface area contributed by atoms with Gasteiger partial charge in [-0.1, -0.05) is 24.3 Å². The van der Waals surface area contributed by atoms with E-state index in [1.54, 1.807) is 22.9 Å². The predicted octanol–water partition coefficient (Wildman–Crippen LogP) is 2.39. The highest BCUT2D eigenvalue weighted by atomic mass is 16.5. The number of carbonyl (C=O) groups is 2. The number of fused-ring (bicyclic) bond motifs is 1. The second kappa shape index (κ2) is 9.03. The van der Waals surface area contributed by atoms with Crippen LogP contribution < -0.4 is 25.8 Å². The number of aryl methyl sites for hydroxylation is 1. The minimum absolute atomic E-state index is 0.270. The molecule has 3 aromatic rings. The van der Waals surface area contributed by atoms with E-state index in [1.807, 2.05) is 38.1 Å². The van der Waals surface area contributed by atoms with E-state index in [0.717, 1.165) is 16.8 Å². The molecule has 0 radical (unpaired) electrons. The first kappa shape index (κ1) is 21.9. The molecule has 10 nitrogen and oxygen atoms in total. The highest BCUT2D eigenvalue weighted by molar-refractivity contribution is 6.06. The molecule has 2 heterocycles. The molecular weight excluding hydrogens is 424 g/mol. The number of carbonyl (C=O) groups excluding carboxylic acids is 2. The largest absolute Gasteiger partial charge is 0.493 e. The van der Waals surface area contributed by atoms with E-state index in [2.05, 4.69) is 20.7 Å². The summed E-state index contributed by atoms with van der Waals surface area (Å²) in [5, 5.41) is 10.5. The number of hydrogen-bond donors (Lipinski definition) is 3. The van der Waals surface area contributed by atoms with E-state index in [4.69, 9.17) is 15.2 Å². The maximum Gasteiger partial charge on any atom is 0.255 e. The van der Waals surface area contributed by atoms with E-state index in [-0.39, 0.29) is 12.5 Å². The van der Waals surface area contributed by atoms with Gasteiger partial charge in [0.1, 0.15) is 12.4 Å². The van der Waals surface area contributed by atoms with Gasteiger partial charge >= 0.3 is 0 Å². The van der Waals surface area contributed by atoms with Crippen molar-refractivity contribution in [3.05, 3.63) is 71.2 Å². The molecule has 2 aromatic carbocycles. The van der Waals surface area contributed by atoms with Crippen LogP contribution in [0.4, 0.5) is 11.6 Å². The van der Waals surface area contributed by atoms with Crippen LogP contribution in [0.5, 0.6) is 11.5 Å². The van der Waals surface area contributed by atoms with Gasteiger partial charge in [0.15, 0.2) is 18.1 Å². The number of aromatic nitrogens is 3. The Hall–Kier alpha value is -4.34. The van der Waals surface area contributed by atoms with Crippen LogP contribution in [0.3, 0.4) is 0 Å². The van der Waals surface area contributed by atoms with Crippen LogP contribution in [0.1, 0.15) is 24.1 Å². The van der Waals surface area contributed by atoms with Gasteiger partial charge in [-0.15, -0.1) is 0 Å². The number of anilines is 2. The van der Waals surface area contributed by atoms with E-state index in [0.29, 0.717) is 28.7 Å². The minimum atomic E-state index is -0.597.